The number of aryl methyl sites for hydroxylation is 1. The Morgan fingerprint density at radius 2 is 2.20 bits per heavy atom. The van der Waals surface area contributed by atoms with Crippen LogP contribution in [0.2, 0.25) is 0 Å². The van der Waals surface area contributed by atoms with E-state index in [1.165, 1.54) is 10.5 Å². The lowest BCUT2D eigenvalue weighted by Gasteiger charge is -2.16. The molecule has 1 aliphatic rings. The van der Waals surface area contributed by atoms with Gasteiger partial charge in [0.05, 0.1) is 4.90 Å². The third-order valence-corrected chi connectivity index (χ3v) is 3.48. The monoisotopic (exact) mass is 224 g/mol. The van der Waals surface area contributed by atoms with Crippen molar-refractivity contribution in [1.29, 1.82) is 0 Å². The maximum absolute atomic E-state index is 8.83. The second-order valence-electron chi connectivity index (χ2n) is 4.18. The largest absolute Gasteiger partial charge is 0.475 e. The van der Waals surface area contributed by atoms with E-state index in [0.717, 1.165) is 18.6 Å². The van der Waals surface area contributed by atoms with E-state index in [9.17, 15) is 0 Å². The van der Waals surface area contributed by atoms with Gasteiger partial charge in [0.1, 0.15) is 5.75 Å². The van der Waals surface area contributed by atoms with Gasteiger partial charge in [0, 0.05) is 6.61 Å². The van der Waals surface area contributed by atoms with Crippen LogP contribution in [0.1, 0.15) is 25.8 Å². The van der Waals surface area contributed by atoms with Gasteiger partial charge in [-0.05, 0) is 38.3 Å². The molecule has 0 spiro atoms. The fourth-order valence-corrected chi connectivity index (χ4v) is 2.82. The molecule has 0 saturated heterocycles. The van der Waals surface area contributed by atoms with Gasteiger partial charge >= 0.3 is 0 Å². The Morgan fingerprint density at radius 1 is 1.40 bits per heavy atom. The first kappa shape index (κ1) is 10.8. The molecule has 0 saturated carbocycles. The molecule has 1 aromatic rings. The maximum Gasteiger partial charge on any atom is 0.153 e. The first-order valence-corrected chi connectivity index (χ1v) is 6.05. The van der Waals surface area contributed by atoms with Crippen LogP contribution >= 0.6 is 11.8 Å². The lowest BCUT2D eigenvalue weighted by atomic mass is 10.1. The fraction of sp³-hybridized carbons (Fsp3) is 0.500. The smallest absolute Gasteiger partial charge is 0.153 e. The summed E-state index contributed by atoms with van der Waals surface area (Å²) in [7, 11) is 0. The number of aliphatic hydroxyl groups is 1. The summed E-state index contributed by atoms with van der Waals surface area (Å²) in [6.45, 7) is 4.39. The van der Waals surface area contributed by atoms with Crippen LogP contribution < -0.4 is 4.74 Å². The summed E-state index contributed by atoms with van der Waals surface area (Å²) in [5, 5.41) is 8.83. The zero-order chi connectivity index (χ0) is 10.9. The summed E-state index contributed by atoms with van der Waals surface area (Å²) in [6, 6.07) is 6.23. The van der Waals surface area contributed by atoms with Crippen molar-refractivity contribution in [3.63, 3.8) is 0 Å². The summed E-state index contributed by atoms with van der Waals surface area (Å²) in [4.78, 5) is 1.06. The van der Waals surface area contributed by atoms with Crippen molar-refractivity contribution < 1.29 is 9.84 Å². The van der Waals surface area contributed by atoms with Gasteiger partial charge in [-0.2, -0.15) is 0 Å². The SMILES string of the molecule is CC1(C)Oc2c(CCCO)cccc2S1. The molecule has 1 N–H and O–H groups in total. The molecule has 0 aromatic heterocycles. The molecule has 2 nitrogen and oxygen atoms in total. The lowest BCUT2D eigenvalue weighted by Crippen LogP contribution is -2.18. The fourth-order valence-electron chi connectivity index (χ4n) is 1.76. The third-order valence-electron chi connectivity index (χ3n) is 2.37. The Kier molecular flexibility index (Phi) is 2.94. The number of benzene rings is 1. The number of hydrogen-bond donors (Lipinski definition) is 1. The van der Waals surface area contributed by atoms with Crippen molar-refractivity contribution in [3.8, 4) is 5.75 Å². The van der Waals surface area contributed by atoms with Crippen molar-refractivity contribution in [2.24, 2.45) is 0 Å². The molecule has 82 valence electrons. The van der Waals surface area contributed by atoms with Gasteiger partial charge in [0.2, 0.25) is 0 Å². The van der Waals surface area contributed by atoms with Crippen molar-refractivity contribution in [3.05, 3.63) is 23.8 Å². The predicted molar refractivity (Wildman–Crippen MR) is 62.4 cm³/mol. The normalized spacial score (nSPS) is 17.3. The maximum atomic E-state index is 8.83. The van der Waals surface area contributed by atoms with Crippen molar-refractivity contribution >= 4 is 11.8 Å². The van der Waals surface area contributed by atoms with Gasteiger partial charge in [-0.1, -0.05) is 23.9 Å². The van der Waals surface area contributed by atoms with Gasteiger partial charge in [0.15, 0.2) is 4.93 Å². The third kappa shape index (κ3) is 2.29. The van der Waals surface area contributed by atoms with Crippen LogP contribution in [0.15, 0.2) is 23.1 Å². The summed E-state index contributed by atoms with van der Waals surface area (Å²) < 4.78 is 5.90. The number of rotatable bonds is 3. The highest BCUT2D eigenvalue weighted by Crippen LogP contribution is 2.48. The van der Waals surface area contributed by atoms with Crippen LogP contribution in [0.4, 0.5) is 0 Å². The topological polar surface area (TPSA) is 29.5 Å². The Bertz CT molecular complexity index is 361. The Hall–Kier alpha value is -0.670. The van der Waals surface area contributed by atoms with Crippen LogP contribution in [0.3, 0.4) is 0 Å². The molecule has 0 atom stereocenters. The van der Waals surface area contributed by atoms with Gasteiger partial charge in [0.25, 0.3) is 0 Å². The molecule has 0 amide bonds. The van der Waals surface area contributed by atoms with E-state index in [1.807, 2.05) is 0 Å². The first-order chi connectivity index (χ1) is 7.12. The van der Waals surface area contributed by atoms with E-state index in [4.69, 9.17) is 9.84 Å². The molecule has 0 fully saturated rings. The van der Waals surface area contributed by atoms with E-state index in [2.05, 4.69) is 32.0 Å². The van der Waals surface area contributed by atoms with Gasteiger partial charge in [-0.25, -0.2) is 0 Å². The molecule has 2 rings (SSSR count). The Labute approximate surface area is 94.6 Å². The van der Waals surface area contributed by atoms with Crippen LogP contribution in [0.5, 0.6) is 5.75 Å². The molecule has 1 heterocycles. The predicted octanol–water partition coefficient (Wildman–Crippen LogP) is 2.83. The minimum atomic E-state index is -0.155. The summed E-state index contributed by atoms with van der Waals surface area (Å²) in [5.74, 6) is 1.01. The molecule has 1 aliphatic heterocycles. The number of fused-ring (bicyclic) bond motifs is 1. The van der Waals surface area contributed by atoms with E-state index < -0.39 is 0 Å². The van der Waals surface area contributed by atoms with Crippen LogP contribution in [0.25, 0.3) is 0 Å². The van der Waals surface area contributed by atoms with Crippen molar-refractivity contribution in [2.75, 3.05) is 6.61 Å². The number of ether oxygens (including phenoxy) is 1. The second-order valence-corrected chi connectivity index (χ2v) is 5.80. The molecule has 0 unspecified atom stereocenters. The molecule has 0 bridgehead atoms. The minimum absolute atomic E-state index is 0.155. The second kappa shape index (κ2) is 4.06. The molecule has 1 aromatic carbocycles. The Morgan fingerprint density at radius 3 is 2.93 bits per heavy atom. The average molecular weight is 224 g/mol. The van der Waals surface area contributed by atoms with Crippen LogP contribution in [-0.4, -0.2) is 16.6 Å². The van der Waals surface area contributed by atoms with Crippen molar-refractivity contribution in [1.82, 2.24) is 0 Å². The van der Waals surface area contributed by atoms with E-state index in [1.54, 1.807) is 11.8 Å². The van der Waals surface area contributed by atoms with E-state index in [-0.39, 0.29) is 11.5 Å². The quantitative estimate of drug-likeness (QED) is 0.856. The number of hydrogen-bond acceptors (Lipinski definition) is 3. The number of thioether (sulfide) groups is 1. The van der Waals surface area contributed by atoms with E-state index >= 15 is 0 Å². The first-order valence-electron chi connectivity index (χ1n) is 5.23. The summed E-state index contributed by atoms with van der Waals surface area (Å²) in [5.41, 5.74) is 1.21. The molecule has 0 aliphatic carbocycles. The molecular weight excluding hydrogens is 208 g/mol. The van der Waals surface area contributed by atoms with Gasteiger partial charge in [-0.15, -0.1) is 0 Å². The number of aliphatic hydroxyl groups excluding tert-OH is 1. The van der Waals surface area contributed by atoms with Crippen molar-refractivity contribution in [2.45, 2.75) is 36.5 Å². The van der Waals surface area contributed by atoms with Crippen LogP contribution in [-0.2, 0) is 6.42 Å². The van der Waals surface area contributed by atoms with E-state index in [0.29, 0.717) is 0 Å². The minimum Gasteiger partial charge on any atom is -0.475 e. The zero-order valence-corrected chi connectivity index (χ0v) is 9.93. The lowest BCUT2D eigenvalue weighted by molar-refractivity contribution is 0.212. The van der Waals surface area contributed by atoms with Crippen LogP contribution in [0, 0.1) is 0 Å². The van der Waals surface area contributed by atoms with Gasteiger partial charge in [-0.3, -0.25) is 0 Å². The molecule has 0 radical (unpaired) electrons. The standard InChI is InChI=1S/C12H16O2S/c1-12(2)14-11-9(6-4-8-13)5-3-7-10(11)15-12/h3,5,7,13H,4,6,8H2,1-2H3. The number of para-hydroxylation sites is 1. The highest BCUT2D eigenvalue weighted by Gasteiger charge is 2.32. The Balaban J connectivity index is 2.25. The van der Waals surface area contributed by atoms with Gasteiger partial charge < -0.3 is 9.84 Å². The molecular formula is C12H16O2S. The molecule has 3 heteroatoms. The average Bonchev–Trinajstić information content (AvgIpc) is 2.49. The summed E-state index contributed by atoms with van der Waals surface area (Å²) >= 11 is 1.76. The zero-order valence-electron chi connectivity index (χ0n) is 9.12. The highest BCUT2D eigenvalue weighted by atomic mass is 32.2. The molecule has 15 heavy (non-hydrogen) atoms. The highest BCUT2D eigenvalue weighted by molar-refractivity contribution is 8.00. The summed E-state index contributed by atoms with van der Waals surface area (Å²) in [6.07, 6.45) is 1.68.